The standard InChI is InChI=1S/C25H20F3NO2/c1-14-12-21(23(30)16-7-9-17(10-8-16)25(26,27)28)15(2)11-20(14)22-13-29-24(31)19-6-4-3-5-18(19)22/h3-12,22H,13H2,1-2H3,(H,29,31). The highest BCUT2D eigenvalue weighted by atomic mass is 19.4. The van der Waals surface area contributed by atoms with E-state index in [1.165, 1.54) is 12.1 Å². The van der Waals surface area contributed by atoms with E-state index < -0.39 is 11.7 Å². The molecule has 3 aromatic rings. The molecule has 4 rings (SSSR count). The summed E-state index contributed by atoms with van der Waals surface area (Å²) in [6.07, 6.45) is -4.44. The van der Waals surface area contributed by atoms with Gasteiger partial charge in [-0.05, 0) is 60.4 Å². The predicted octanol–water partition coefficient (Wildman–Crippen LogP) is 5.43. The van der Waals surface area contributed by atoms with E-state index in [2.05, 4.69) is 5.32 Å². The van der Waals surface area contributed by atoms with E-state index in [1.807, 2.05) is 38.1 Å². The molecule has 1 amide bonds. The van der Waals surface area contributed by atoms with Gasteiger partial charge < -0.3 is 5.32 Å². The molecule has 0 saturated carbocycles. The molecule has 1 N–H and O–H groups in total. The van der Waals surface area contributed by atoms with E-state index in [0.29, 0.717) is 17.7 Å². The van der Waals surface area contributed by atoms with Crippen LogP contribution in [0, 0.1) is 13.8 Å². The summed E-state index contributed by atoms with van der Waals surface area (Å²) < 4.78 is 38.4. The first-order valence-electron chi connectivity index (χ1n) is 9.87. The molecule has 1 heterocycles. The van der Waals surface area contributed by atoms with Gasteiger partial charge in [0.25, 0.3) is 5.91 Å². The first-order chi connectivity index (χ1) is 14.7. The zero-order valence-corrected chi connectivity index (χ0v) is 17.0. The largest absolute Gasteiger partial charge is 0.416 e. The van der Waals surface area contributed by atoms with Crippen LogP contribution >= 0.6 is 0 Å². The third kappa shape index (κ3) is 3.85. The van der Waals surface area contributed by atoms with Gasteiger partial charge >= 0.3 is 6.18 Å². The molecule has 31 heavy (non-hydrogen) atoms. The van der Waals surface area contributed by atoms with Gasteiger partial charge in [-0.25, -0.2) is 0 Å². The van der Waals surface area contributed by atoms with Gasteiger partial charge in [0.05, 0.1) is 5.56 Å². The minimum atomic E-state index is -4.44. The topological polar surface area (TPSA) is 46.2 Å². The van der Waals surface area contributed by atoms with Crippen molar-refractivity contribution in [1.29, 1.82) is 0 Å². The van der Waals surface area contributed by atoms with Crippen molar-refractivity contribution in [2.24, 2.45) is 0 Å². The summed E-state index contributed by atoms with van der Waals surface area (Å²) in [5.41, 5.74) is 4.08. The number of carbonyl (C=O) groups is 2. The molecule has 0 spiro atoms. The second kappa shape index (κ2) is 7.69. The average Bonchev–Trinajstić information content (AvgIpc) is 2.75. The fourth-order valence-electron chi connectivity index (χ4n) is 4.11. The number of halogens is 3. The zero-order chi connectivity index (χ0) is 22.3. The van der Waals surface area contributed by atoms with Crippen molar-refractivity contribution < 1.29 is 22.8 Å². The van der Waals surface area contributed by atoms with Crippen LogP contribution in [0.4, 0.5) is 13.2 Å². The van der Waals surface area contributed by atoms with E-state index >= 15 is 0 Å². The lowest BCUT2D eigenvalue weighted by Crippen LogP contribution is -2.35. The molecule has 1 aliphatic rings. The number of ketones is 1. The lowest BCUT2D eigenvalue weighted by molar-refractivity contribution is -0.137. The molecule has 3 aromatic carbocycles. The van der Waals surface area contributed by atoms with E-state index in [9.17, 15) is 22.8 Å². The Kier molecular flexibility index (Phi) is 5.17. The number of nitrogens with one attached hydrogen (secondary N) is 1. The first kappa shape index (κ1) is 20.8. The van der Waals surface area contributed by atoms with Crippen LogP contribution in [0.25, 0.3) is 0 Å². The van der Waals surface area contributed by atoms with Gasteiger partial charge in [-0.1, -0.05) is 36.4 Å². The number of aryl methyl sites for hydroxylation is 2. The monoisotopic (exact) mass is 423 g/mol. The van der Waals surface area contributed by atoms with Crippen molar-refractivity contribution in [1.82, 2.24) is 5.32 Å². The molecule has 0 saturated heterocycles. The number of alkyl halides is 3. The first-order valence-corrected chi connectivity index (χ1v) is 9.87. The maximum absolute atomic E-state index is 13.0. The van der Waals surface area contributed by atoms with Crippen molar-refractivity contribution in [2.45, 2.75) is 25.9 Å². The molecule has 0 radical (unpaired) electrons. The van der Waals surface area contributed by atoms with Crippen LogP contribution in [0.5, 0.6) is 0 Å². The predicted molar refractivity (Wildman–Crippen MR) is 111 cm³/mol. The van der Waals surface area contributed by atoms with Gasteiger partial charge in [0.15, 0.2) is 5.78 Å². The van der Waals surface area contributed by atoms with Crippen LogP contribution in [0.3, 0.4) is 0 Å². The van der Waals surface area contributed by atoms with Crippen LogP contribution in [0.1, 0.15) is 60.0 Å². The molecule has 0 bridgehead atoms. The number of rotatable bonds is 3. The Balaban J connectivity index is 1.69. The highest BCUT2D eigenvalue weighted by molar-refractivity contribution is 6.10. The van der Waals surface area contributed by atoms with Crippen LogP contribution in [-0.4, -0.2) is 18.2 Å². The van der Waals surface area contributed by atoms with Gasteiger partial charge in [0, 0.05) is 29.2 Å². The second-order valence-corrected chi connectivity index (χ2v) is 7.78. The number of hydrogen-bond donors (Lipinski definition) is 1. The van der Waals surface area contributed by atoms with Gasteiger partial charge in [0.1, 0.15) is 0 Å². The van der Waals surface area contributed by atoms with Crippen LogP contribution in [-0.2, 0) is 6.18 Å². The normalized spacial score (nSPS) is 15.9. The Hall–Kier alpha value is -3.41. The summed E-state index contributed by atoms with van der Waals surface area (Å²) in [4.78, 5) is 25.1. The quantitative estimate of drug-likeness (QED) is 0.571. The Morgan fingerprint density at radius 2 is 1.61 bits per heavy atom. The van der Waals surface area contributed by atoms with Gasteiger partial charge in [0.2, 0.25) is 0 Å². The third-order valence-corrected chi connectivity index (χ3v) is 5.76. The summed E-state index contributed by atoms with van der Waals surface area (Å²) in [7, 11) is 0. The fourth-order valence-corrected chi connectivity index (χ4v) is 4.11. The van der Waals surface area contributed by atoms with Gasteiger partial charge in [-0.2, -0.15) is 13.2 Å². The fraction of sp³-hybridized carbons (Fsp3) is 0.200. The summed E-state index contributed by atoms with van der Waals surface area (Å²) in [5, 5.41) is 2.92. The number of benzene rings is 3. The summed E-state index contributed by atoms with van der Waals surface area (Å²) in [6, 6.07) is 15.4. The van der Waals surface area contributed by atoms with Crippen LogP contribution in [0.15, 0.2) is 60.7 Å². The molecule has 158 valence electrons. The number of carbonyl (C=O) groups excluding carboxylic acids is 2. The lowest BCUT2D eigenvalue weighted by Gasteiger charge is -2.28. The second-order valence-electron chi connectivity index (χ2n) is 7.78. The molecule has 1 unspecified atom stereocenters. The molecule has 6 heteroatoms. The highest BCUT2D eigenvalue weighted by Crippen LogP contribution is 2.34. The summed E-state index contributed by atoms with van der Waals surface area (Å²) >= 11 is 0. The van der Waals surface area contributed by atoms with Gasteiger partial charge in [-0.15, -0.1) is 0 Å². The van der Waals surface area contributed by atoms with Crippen molar-refractivity contribution in [3.05, 3.63) is 105 Å². The zero-order valence-electron chi connectivity index (χ0n) is 17.0. The van der Waals surface area contributed by atoms with Crippen molar-refractivity contribution in [3.63, 3.8) is 0 Å². The number of amides is 1. The highest BCUT2D eigenvalue weighted by Gasteiger charge is 2.31. The maximum atomic E-state index is 13.0. The Morgan fingerprint density at radius 3 is 2.29 bits per heavy atom. The van der Waals surface area contributed by atoms with Crippen molar-refractivity contribution >= 4 is 11.7 Å². The Labute approximate surface area is 177 Å². The van der Waals surface area contributed by atoms with E-state index in [1.54, 1.807) is 12.1 Å². The molecule has 0 fully saturated rings. The maximum Gasteiger partial charge on any atom is 0.416 e. The SMILES string of the molecule is Cc1cc(C2CNC(=O)c3ccccc32)c(C)cc1C(=O)c1ccc(C(F)(F)F)cc1. The average molecular weight is 423 g/mol. The molecule has 1 aliphatic heterocycles. The summed E-state index contributed by atoms with van der Waals surface area (Å²) in [6.45, 7) is 4.17. The van der Waals surface area contributed by atoms with Crippen LogP contribution in [0.2, 0.25) is 0 Å². The Bertz CT molecular complexity index is 1180. The number of fused-ring (bicyclic) bond motifs is 1. The molecule has 0 aromatic heterocycles. The molecule has 1 atom stereocenters. The van der Waals surface area contributed by atoms with E-state index in [-0.39, 0.29) is 23.2 Å². The number of hydrogen-bond acceptors (Lipinski definition) is 2. The molecule has 3 nitrogen and oxygen atoms in total. The van der Waals surface area contributed by atoms with Crippen molar-refractivity contribution in [2.75, 3.05) is 6.54 Å². The van der Waals surface area contributed by atoms with E-state index in [4.69, 9.17) is 0 Å². The molecular formula is C25H20F3NO2. The minimum Gasteiger partial charge on any atom is -0.351 e. The van der Waals surface area contributed by atoms with E-state index in [0.717, 1.165) is 34.4 Å². The Morgan fingerprint density at radius 1 is 0.935 bits per heavy atom. The minimum absolute atomic E-state index is 0.0391. The summed E-state index contributed by atoms with van der Waals surface area (Å²) in [5.74, 6) is -0.462. The third-order valence-electron chi connectivity index (χ3n) is 5.76. The van der Waals surface area contributed by atoms with Crippen LogP contribution < -0.4 is 5.32 Å². The molecule has 0 aliphatic carbocycles. The lowest BCUT2D eigenvalue weighted by atomic mass is 9.81. The smallest absolute Gasteiger partial charge is 0.351 e. The van der Waals surface area contributed by atoms with Crippen molar-refractivity contribution in [3.8, 4) is 0 Å². The molecular weight excluding hydrogens is 403 g/mol. The van der Waals surface area contributed by atoms with Gasteiger partial charge in [-0.3, -0.25) is 9.59 Å².